The molecule has 2 N–H and O–H groups in total. The number of rotatable bonds is 3. The molecule has 1 heterocycles. The first-order valence-electron chi connectivity index (χ1n) is 6.14. The third kappa shape index (κ3) is 4.50. The smallest absolute Gasteiger partial charge is 0.252 e. The topological polar surface area (TPSA) is 79.4 Å². The number of aryl methyl sites for hydroxylation is 1. The minimum atomic E-state index is -0.244. The minimum absolute atomic E-state index is 0.208. The summed E-state index contributed by atoms with van der Waals surface area (Å²) in [5.74, 6) is 1.05. The highest BCUT2D eigenvalue weighted by Gasteiger charge is 1.99. The van der Waals surface area contributed by atoms with Crippen LogP contribution in [0, 0.1) is 6.92 Å². The summed E-state index contributed by atoms with van der Waals surface area (Å²) < 4.78 is 5.07. The van der Waals surface area contributed by atoms with E-state index in [-0.39, 0.29) is 16.6 Å². The van der Waals surface area contributed by atoms with E-state index in [1.165, 1.54) is 6.07 Å². The molecule has 0 saturated heterocycles. The standard InChI is InChI=1S/C14H14N4O2S/c1-9-7-12(19)17-13(16-9)18-14(21)15-8-10-3-5-11(20-2)6-4-10/h3-8H,1-2H3,(H2,16,17,18,19,21)/b15-8+. The fourth-order valence-corrected chi connectivity index (χ4v) is 1.74. The SMILES string of the molecule is COc1ccc(/C=N/C(=S)Nc2nc(C)cc(=O)[nH]2)cc1. The van der Waals surface area contributed by atoms with Crippen molar-refractivity contribution < 1.29 is 4.74 Å². The third-order valence-electron chi connectivity index (χ3n) is 2.54. The zero-order valence-electron chi connectivity index (χ0n) is 11.6. The number of hydrogen-bond acceptors (Lipinski definition) is 4. The molecule has 0 radical (unpaired) electrons. The normalized spacial score (nSPS) is 10.6. The maximum absolute atomic E-state index is 11.3. The van der Waals surface area contributed by atoms with E-state index in [4.69, 9.17) is 17.0 Å². The van der Waals surface area contributed by atoms with Crippen LogP contribution in [0.2, 0.25) is 0 Å². The predicted octanol–water partition coefficient (Wildman–Crippen LogP) is 1.90. The monoisotopic (exact) mass is 302 g/mol. The molecule has 0 aliphatic rings. The average molecular weight is 302 g/mol. The van der Waals surface area contributed by atoms with Crippen LogP contribution >= 0.6 is 12.2 Å². The number of aromatic nitrogens is 2. The van der Waals surface area contributed by atoms with Crippen molar-refractivity contribution in [3.05, 3.63) is 51.9 Å². The van der Waals surface area contributed by atoms with Crippen molar-refractivity contribution in [2.24, 2.45) is 4.99 Å². The molecule has 108 valence electrons. The summed E-state index contributed by atoms with van der Waals surface area (Å²) in [5.41, 5.74) is 1.24. The van der Waals surface area contributed by atoms with Gasteiger partial charge in [0, 0.05) is 18.0 Å². The van der Waals surface area contributed by atoms with Gasteiger partial charge >= 0.3 is 0 Å². The second-order valence-electron chi connectivity index (χ2n) is 4.20. The number of ether oxygens (including phenoxy) is 1. The van der Waals surface area contributed by atoms with E-state index in [0.717, 1.165) is 11.3 Å². The molecular weight excluding hydrogens is 288 g/mol. The van der Waals surface area contributed by atoms with Gasteiger partial charge in [-0.3, -0.25) is 9.78 Å². The average Bonchev–Trinajstić information content (AvgIpc) is 2.44. The molecule has 2 rings (SSSR count). The van der Waals surface area contributed by atoms with E-state index >= 15 is 0 Å². The summed E-state index contributed by atoms with van der Waals surface area (Å²) in [4.78, 5) is 22.0. The van der Waals surface area contributed by atoms with Gasteiger partial charge in [0.2, 0.25) is 5.95 Å². The lowest BCUT2D eigenvalue weighted by molar-refractivity contribution is 0.415. The zero-order chi connectivity index (χ0) is 15.2. The lowest BCUT2D eigenvalue weighted by atomic mass is 10.2. The molecular formula is C14H14N4O2S. The number of nitrogens with one attached hydrogen (secondary N) is 2. The number of anilines is 1. The molecule has 7 heteroatoms. The molecule has 0 unspecified atom stereocenters. The number of aromatic amines is 1. The molecule has 6 nitrogen and oxygen atoms in total. The summed E-state index contributed by atoms with van der Waals surface area (Å²) in [6.45, 7) is 1.73. The van der Waals surface area contributed by atoms with E-state index in [0.29, 0.717) is 5.69 Å². The van der Waals surface area contributed by atoms with Gasteiger partial charge in [-0.25, -0.2) is 9.98 Å². The quantitative estimate of drug-likeness (QED) is 0.669. The van der Waals surface area contributed by atoms with Gasteiger partial charge in [-0.05, 0) is 49.0 Å². The highest BCUT2D eigenvalue weighted by atomic mass is 32.1. The van der Waals surface area contributed by atoms with Crippen molar-refractivity contribution >= 4 is 29.5 Å². The molecule has 0 aliphatic carbocycles. The number of aliphatic imine (C=N–C) groups is 1. The van der Waals surface area contributed by atoms with Crippen molar-refractivity contribution in [2.75, 3.05) is 12.4 Å². The van der Waals surface area contributed by atoms with E-state index < -0.39 is 0 Å². The first-order chi connectivity index (χ1) is 10.1. The lowest BCUT2D eigenvalue weighted by Gasteiger charge is -2.03. The molecule has 0 bridgehead atoms. The van der Waals surface area contributed by atoms with Crippen LogP contribution in [0.1, 0.15) is 11.3 Å². The first-order valence-corrected chi connectivity index (χ1v) is 6.55. The second kappa shape index (κ2) is 6.76. The molecule has 0 amide bonds. The molecule has 0 saturated carbocycles. The fourth-order valence-electron chi connectivity index (χ4n) is 1.59. The highest BCUT2D eigenvalue weighted by molar-refractivity contribution is 7.80. The van der Waals surface area contributed by atoms with Crippen LogP contribution in [0.4, 0.5) is 5.95 Å². The highest BCUT2D eigenvalue weighted by Crippen LogP contribution is 2.09. The number of nitrogens with zero attached hydrogens (tertiary/aromatic N) is 2. The number of methoxy groups -OCH3 is 1. The van der Waals surface area contributed by atoms with E-state index in [1.54, 1.807) is 20.2 Å². The van der Waals surface area contributed by atoms with Crippen molar-refractivity contribution in [2.45, 2.75) is 6.92 Å². The molecule has 0 fully saturated rings. The Kier molecular flexibility index (Phi) is 4.78. The van der Waals surface area contributed by atoms with Crippen LogP contribution in [0.25, 0.3) is 0 Å². The van der Waals surface area contributed by atoms with Crippen LogP contribution in [0.5, 0.6) is 5.75 Å². The van der Waals surface area contributed by atoms with Gasteiger partial charge in [-0.15, -0.1) is 0 Å². The van der Waals surface area contributed by atoms with E-state index in [2.05, 4.69) is 20.3 Å². The maximum Gasteiger partial charge on any atom is 0.252 e. The van der Waals surface area contributed by atoms with Crippen LogP contribution in [-0.4, -0.2) is 28.4 Å². The minimum Gasteiger partial charge on any atom is -0.497 e. The second-order valence-corrected chi connectivity index (χ2v) is 4.58. The Bertz CT molecular complexity index is 722. The van der Waals surface area contributed by atoms with Crippen LogP contribution in [0.15, 0.2) is 40.1 Å². The van der Waals surface area contributed by atoms with Crippen molar-refractivity contribution in [3.63, 3.8) is 0 Å². The zero-order valence-corrected chi connectivity index (χ0v) is 12.4. The molecule has 0 spiro atoms. The van der Waals surface area contributed by atoms with Gasteiger partial charge in [-0.1, -0.05) is 0 Å². The molecule has 2 aromatic rings. The summed E-state index contributed by atoms with van der Waals surface area (Å²) >= 11 is 5.07. The fraction of sp³-hybridized carbons (Fsp3) is 0.143. The largest absolute Gasteiger partial charge is 0.497 e. The Balaban J connectivity index is 2.03. The van der Waals surface area contributed by atoms with Crippen molar-refractivity contribution in [3.8, 4) is 5.75 Å². The number of hydrogen-bond donors (Lipinski definition) is 2. The van der Waals surface area contributed by atoms with Gasteiger partial charge < -0.3 is 10.1 Å². The predicted molar refractivity (Wildman–Crippen MR) is 86.4 cm³/mol. The Labute approximate surface area is 126 Å². The summed E-state index contributed by atoms with van der Waals surface area (Å²) in [6.07, 6.45) is 1.61. The number of thiocarbonyl (C=S) groups is 1. The molecule has 0 atom stereocenters. The maximum atomic E-state index is 11.3. The van der Waals surface area contributed by atoms with E-state index in [9.17, 15) is 4.79 Å². The van der Waals surface area contributed by atoms with Crippen LogP contribution in [-0.2, 0) is 0 Å². The van der Waals surface area contributed by atoms with Gasteiger partial charge in [-0.2, -0.15) is 0 Å². The van der Waals surface area contributed by atoms with Gasteiger partial charge in [0.25, 0.3) is 5.56 Å². The van der Waals surface area contributed by atoms with E-state index in [1.807, 2.05) is 24.3 Å². The summed E-state index contributed by atoms with van der Waals surface area (Å²) in [7, 11) is 1.61. The van der Waals surface area contributed by atoms with Crippen LogP contribution < -0.4 is 15.6 Å². The van der Waals surface area contributed by atoms with Gasteiger partial charge in [0.05, 0.1) is 7.11 Å². The Morgan fingerprint density at radius 2 is 2.14 bits per heavy atom. The molecule has 0 aliphatic heterocycles. The van der Waals surface area contributed by atoms with Crippen molar-refractivity contribution in [1.29, 1.82) is 0 Å². The lowest BCUT2D eigenvalue weighted by Crippen LogP contribution is -2.15. The summed E-state index contributed by atoms with van der Waals surface area (Å²) in [5, 5.41) is 2.97. The molecule has 21 heavy (non-hydrogen) atoms. The van der Waals surface area contributed by atoms with Crippen LogP contribution in [0.3, 0.4) is 0 Å². The first kappa shape index (κ1) is 14.9. The van der Waals surface area contributed by atoms with Gasteiger partial charge in [0.1, 0.15) is 5.75 Å². The van der Waals surface area contributed by atoms with Crippen molar-refractivity contribution in [1.82, 2.24) is 9.97 Å². The Morgan fingerprint density at radius 3 is 2.76 bits per heavy atom. The number of benzene rings is 1. The Hall–Kier alpha value is -2.54. The third-order valence-corrected chi connectivity index (χ3v) is 2.75. The Morgan fingerprint density at radius 1 is 1.43 bits per heavy atom. The van der Waals surface area contributed by atoms with Gasteiger partial charge in [0.15, 0.2) is 5.11 Å². The summed E-state index contributed by atoms with van der Waals surface area (Å²) in [6, 6.07) is 8.78. The molecule has 1 aromatic carbocycles. The molecule has 1 aromatic heterocycles. The number of H-pyrrole nitrogens is 1.